The van der Waals surface area contributed by atoms with Crippen LogP contribution in [0.15, 0.2) is 30.5 Å². The summed E-state index contributed by atoms with van der Waals surface area (Å²) in [6.45, 7) is 4.32. The van der Waals surface area contributed by atoms with Crippen LogP contribution in [0.2, 0.25) is 5.02 Å². The molecule has 2 aromatic heterocycles. The second kappa shape index (κ2) is 6.33. The Balaban J connectivity index is 1.64. The molecule has 128 valence electrons. The minimum absolute atomic E-state index is 0.0969. The van der Waals surface area contributed by atoms with Gasteiger partial charge < -0.3 is 14.8 Å². The molecule has 25 heavy (non-hydrogen) atoms. The smallest absolute Gasteiger partial charge is 0.226 e. The van der Waals surface area contributed by atoms with Crippen molar-refractivity contribution in [1.29, 1.82) is 0 Å². The lowest BCUT2D eigenvalue weighted by Crippen LogP contribution is -2.48. The van der Waals surface area contributed by atoms with Crippen LogP contribution in [-0.2, 0) is 4.79 Å². The van der Waals surface area contributed by atoms with Crippen LogP contribution >= 0.6 is 11.6 Å². The maximum atomic E-state index is 11.5. The van der Waals surface area contributed by atoms with Crippen LogP contribution in [0.25, 0.3) is 22.6 Å². The fourth-order valence-corrected chi connectivity index (χ4v) is 3.14. The molecule has 0 bridgehead atoms. The Kier molecular flexibility index (Phi) is 4.01. The Morgan fingerprint density at radius 1 is 1.16 bits per heavy atom. The quantitative estimate of drug-likeness (QED) is 0.762. The zero-order valence-electron chi connectivity index (χ0n) is 13.7. The first-order chi connectivity index (χ1) is 12.1. The van der Waals surface area contributed by atoms with Crippen molar-refractivity contribution in [2.75, 3.05) is 31.1 Å². The maximum Gasteiger partial charge on any atom is 0.226 e. The lowest BCUT2D eigenvalue weighted by Gasteiger charge is -2.34. The highest BCUT2D eigenvalue weighted by Crippen LogP contribution is 2.27. The highest BCUT2D eigenvalue weighted by atomic mass is 35.5. The number of fused-ring (bicyclic) bond motifs is 1. The number of aromatic amines is 1. The molecule has 0 aliphatic carbocycles. The minimum atomic E-state index is 0.0969. The Labute approximate surface area is 149 Å². The van der Waals surface area contributed by atoms with Gasteiger partial charge in [0.25, 0.3) is 0 Å². The summed E-state index contributed by atoms with van der Waals surface area (Å²) in [5, 5.41) is 0.449. The lowest BCUT2D eigenvalue weighted by atomic mass is 10.3. The molecule has 1 saturated heterocycles. The van der Waals surface area contributed by atoms with Crippen LogP contribution in [0.5, 0.6) is 0 Å². The Bertz CT molecular complexity index is 899. The van der Waals surface area contributed by atoms with Crippen LogP contribution in [0.1, 0.15) is 6.92 Å². The first-order valence-corrected chi connectivity index (χ1v) is 8.48. The molecule has 3 heterocycles. The van der Waals surface area contributed by atoms with Crippen molar-refractivity contribution >= 4 is 34.5 Å². The maximum absolute atomic E-state index is 11.5. The van der Waals surface area contributed by atoms with Crippen LogP contribution in [0.4, 0.5) is 5.95 Å². The molecule has 0 radical (unpaired) electrons. The van der Waals surface area contributed by atoms with Crippen molar-refractivity contribution < 1.29 is 4.79 Å². The summed E-state index contributed by atoms with van der Waals surface area (Å²) in [6, 6.07) is 7.79. The normalized spacial score (nSPS) is 15.0. The summed E-state index contributed by atoms with van der Waals surface area (Å²) in [6.07, 6.45) is 1.60. The molecule has 1 aliphatic heterocycles. The number of rotatable bonds is 2. The number of H-pyrrole nitrogens is 1. The third-order valence-electron chi connectivity index (χ3n) is 4.35. The van der Waals surface area contributed by atoms with Gasteiger partial charge >= 0.3 is 0 Å². The number of hydrogen-bond acceptors (Lipinski definition) is 5. The van der Waals surface area contributed by atoms with E-state index in [4.69, 9.17) is 11.6 Å². The van der Waals surface area contributed by atoms with Crippen LogP contribution in [-0.4, -0.2) is 56.9 Å². The van der Waals surface area contributed by atoms with E-state index < -0.39 is 0 Å². The largest absolute Gasteiger partial charge is 0.339 e. The number of carbonyl (C=O) groups is 1. The third-order valence-corrected chi connectivity index (χ3v) is 4.63. The molecular formula is C17H17ClN6O. The molecule has 0 spiro atoms. The van der Waals surface area contributed by atoms with Gasteiger partial charge in [-0.1, -0.05) is 23.7 Å². The number of amides is 1. The van der Waals surface area contributed by atoms with Crippen molar-refractivity contribution in [3.05, 3.63) is 35.5 Å². The number of halogens is 1. The van der Waals surface area contributed by atoms with Gasteiger partial charge in [-0.15, -0.1) is 0 Å². The second-order valence-electron chi connectivity index (χ2n) is 5.96. The molecule has 1 N–H and O–H groups in total. The number of imidazole rings is 1. The number of hydrogen-bond donors (Lipinski definition) is 1. The first kappa shape index (κ1) is 15.8. The number of piperazine rings is 1. The molecule has 1 amide bonds. The van der Waals surface area contributed by atoms with Crippen molar-refractivity contribution in [2.24, 2.45) is 0 Å². The summed E-state index contributed by atoms with van der Waals surface area (Å²) in [5.41, 5.74) is 2.38. The van der Waals surface area contributed by atoms with Gasteiger partial charge in [-0.3, -0.25) is 4.79 Å². The van der Waals surface area contributed by atoms with E-state index in [2.05, 4.69) is 24.8 Å². The van der Waals surface area contributed by atoms with Gasteiger partial charge in [-0.25, -0.2) is 15.0 Å². The van der Waals surface area contributed by atoms with Gasteiger partial charge in [0.05, 0.1) is 22.3 Å². The number of nitrogens with zero attached hydrogens (tertiary/aromatic N) is 5. The summed E-state index contributed by atoms with van der Waals surface area (Å²) < 4.78 is 0. The number of para-hydroxylation sites is 2. The predicted octanol–water partition coefficient (Wildman–Crippen LogP) is 2.34. The summed E-state index contributed by atoms with van der Waals surface area (Å²) in [5.74, 6) is 1.32. The van der Waals surface area contributed by atoms with Crippen LogP contribution in [0, 0.1) is 0 Å². The second-order valence-corrected chi connectivity index (χ2v) is 6.37. The summed E-state index contributed by atoms with van der Waals surface area (Å²) >= 11 is 6.31. The zero-order valence-corrected chi connectivity index (χ0v) is 14.5. The fourth-order valence-electron chi connectivity index (χ4n) is 2.96. The molecule has 0 saturated carbocycles. The van der Waals surface area contributed by atoms with E-state index in [9.17, 15) is 4.79 Å². The van der Waals surface area contributed by atoms with Crippen molar-refractivity contribution in [2.45, 2.75) is 6.92 Å². The minimum Gasteiger partial charge on any atom is -0.339 e. The molecule has 8 heteroatoms. The number of anilines is 1. The van der Waals surface area contributed by atoms with E-state index in [0.29, 0.717) is 48.7 Å². The molecule has 1 aromatic carbocycles. The number of aromatic nitrogens is 4. The van der Waals surface area contributed by atoms with Gasteiger partial charge in [-0.2, -0.15) is 0 Å². The average molecular weight is 357 g/mol. The first-order valence-electron chi connectivity index (χ1n) is 8.10. The molecule has 3 aromatic rings. The predicted molar refractivity (Wildman–Crippen MR) is 96.6 cm³/mol. The van der Waals surface area contributed by atoms with Gasteiger partial charge in [0.1, 0.15) is 5.69 Å². The molecule has 0 unspecified atom stereocenters. The SMILES string of the molecule is CC(=O)N1CCN(c2ncc(Cl)c(-c3nc4ccccc4[nH]3)n2)CC1. The highest BCUT2D eigenvalue weighted by molar-refractivity contribution is 6.32. The van der Waals surface area contributed by atoms with Crippen LogP contribution < -0.4 is 4.90 Å². The van der Waals surface area contributed by atoms with E-state index in [1.165, 1.54) is 0 Å². The number of benzene rings is 1. The fraction of sp³-hybridized carbons (Fsp3) is 0.294. The average Bonchev–Trinajstić information content (AvgIpc) is 3.06. The topological polar surface area (TPSA) is 78.0 Å². The zero-order chi connectivity index (χ0) is 17.4. The van der Waals surface area contributed by atoms with Gasteiger partial charge in [-0.05, 0) is 12.1 Å². The Hall–Kier alpha value is -2.67. The van der Waals surface area contributed by atoms with E-state index >= 15 is 0 Å². The lowest BCUT2D eigenvalue weighted by molar-refractivity contribution is -0.129. The molecule has 4 rings (SSSR count). The van der Waals surface area contributed by atoms with Gasteiger partial charge in [0.2, 0.25) is 11.9 Å². The third kappa shape index (κ3) is 3.02. The van der Waals surface area contributed by atoms with E-state index in [1.54, 1.807) is 13.1 Å². The highest BCUT2D eigenvalue weighted by Gasteiger charge is 2.22. The number of nitrogens with one attached hydrogen (secondary N) is 1. The van der Waals surface area contributed by atoms with Crippen molar-refractivity contribution in [3.8, 4) is 11.5 Å². The molecule has 1 aliphatic rings. The van der Waals surface area contributed by atoms with Crippen molar-refractivity contribution in [3.63, 3.8) is 0 Å². The van der Waals surface area contributed by atoms with Gasteiger partial charge in [0, 0.05) is 33.1 Å². The molecule has 0 atom stereocenters. The van der Waals surface area contributed by atoms with E-state index in [1.807, 2.05) is 29.2 Å². The Morgan fingerprint density at radius 2 is 1.92 bits per heavy atom. The Morgan fingerprint density at radius 3 is 2.64 bits per heavy atom. The standard InChI is InChI=1S/C17H17ClN6O/c1-11(25)23-6-8-24(9-7-23)17-19-10-12(18)15(22-17)16-20-13-4-2-3-5-14(13)21-16/h2-5,10H,6-9H2,1H3,(H,20,21). The van der Waals surface area contributed by atoms with E-state index in [0.717, 1.165) is 11.0 Å². The number of carbonyl (C=O) groups excluding carboxylic acids is 1. The van der Waals surface area contributed by atoms with Crippen LogP contribution in [0.3, 0.4) is 0 Å². The van der Waals surface area contributed by atoms with Crippen molar-refractivity contribution in [1.82, 2.24) is 24.8 Å². The summed E-state index contributed by atoms with van der Waals surface area (Å²) in [7, 11) is 0. The summed E-state index contributed by atoms with van der Waals surface area (Å²) in [4.78, 5) is 32.1. The van der Waals surface area contributed by atoms with Gasteiger partial charge in [0.15, 0.2) is 5.82 Å². The van der Waals surface area contributed by atoms with E-state index in [-0.39, 0.29) is 5.91 Å². The molecular weight excluding hydrogens is 340 g/mol. The molecule has 7 nitrogen and oxygen atoms in total. The molecule has 1 fully saturated rings. The monoisotopic (exact) mass is 356 g/mol.